The monoisotopic (exact) mass is 216 g/mol. The summed E-state index contributed by atoms with van der Waals surface area (Å²) < 4.78 is 27.2. The molecule has 1 aromatic rings. The molecular weight excluding hydrogens is 204 g/mol. The molecule has 0 aliphatic rings. The van der Waals surface area contributed by atoms with Crippen LogP contribution >= 0.6 is 0 Å². The van der Waals surface area contributed by atoms with Gasteiger partial charge in [0.15, 0.2) is 15.6 Å². The van der Waals surface area contributed by atoms with Gasteiger partial charge in [0.1, 0.15) is 11.1 Å². The molecule has 0 saturated carbocycles. The number of ether oxygens (including phenoxy) is 1. The SMILES string of the molecule is COc1cnc(C(C)S(C)(=O)=O)nc1. The van der Waals surface area contributed by atoms with E-state index in [0.717, 1.165) is 6.26 Å². The number of hydrogen-bond donors (Lipinski definition) is 0. The third kappa shape index (κ3) is 2.41. The molecule has 1 aromatic heterocycles. The van der Waals surface area contributed by atoms with Crippen LogP contribution in [-0.2, 0) is 9.84 Å². The first-order chi connectivity index (χ1) is 6.45. The predicted octanol–water partition coefficient (Wildman–Crippen LogP) is 0.591. The Kier molecular flexibility index (Phi) is 3.05. The second-order valence-electron chi connectivity index (χ2n) is 2.95. The minimum atomic E-state index is -3.14. The zero-order valence-corrected chi connectivity index (χ0v) is 9.08. The molecule has 5 nitrogen and oxygen atoms in total. The molecule has 0 N–H and O–H groups in total. The van der Waals surface area contributed by atoms with E-state index in [1.165, 1.54) is 19.5 Å². The number of nitrogens with zero attached hydrogens (tertiary/aromatic N) is 2. The minimum absolute atomic E-state index is 0.285. The summed E-state index contributed by atoms with van der Waals surface area (Å²) in [6, 6.07) is 0. The van der Waals surface area contributed by atoms with Gasteiger partial charge in [-0.1, -0.05) is 0 Å². The van der Waals surface area contributed by atoms with E-state index in [2.05, 4.69) is 9.97 Å². The number of rotatable bonds is 3. The largest absolute Gasteiger partial charge is 0.494 e. The molecule has 0 aromatic carbocycles. The van der Waals surface area contributed by atoms with Crippen molar-refractivity contribution in [2.75, 3.05) is 13.4 Å². The molecule has 78 valence electrons. The molecule has 0 aliphatic carbocycles. The van der Waals surface area contributed by atoms with E-state index in [1.54, 1.807) is 6.92 Å². The summed E-state index contributed by atoms with van der Waals surface area (Å²) in [6.07, 6.45) is 4.05. The number of sulfone groups is 1. The van der Waals surface area contributed by atoms with Crippen molar-refractivity contribution in [1.82, 2.24) is 9.97 Å². The molecule has 6 heteroatoms. The van der Waals surface area contributed by atoms with Crippen LogP contribution in [0.1, 0.15) is 18.0 Å². The molecule has 0 spiro atoms. The fraction of sp³-hybridized carbons (Fsp3) is 0.500. The standard InChI is InChI=1S/C8H12N2O3S/c1-6(14(3,11)12)8-9-4-7(13-2)5-10-8/h4-6H,1-3H3. The van der Waals surface area contributed by atoms with Gasteiger partial charge in [0.25, 0.3) is 0 Å². The highest BCUT2D eigenvalue weighted by Crippen LogP contribution is 2.17. The van der Waals surface area contributed by atoms with E-state index >= 15 is 0 Å². The van der Waals surface area contributed by atoms with Crippen LogP contribution in [0.2, 0.25) is 0 Å². The van der Waals surface area contributed by atoms with E-state index < -0.39 is 15.1 Å². The van der Waals surface area contributed by atoms with Crippen molar-refractivity contribution in [3.8, 4) is 5.75 Å². The second kappa shape index (κ2) is 3.91. The summed E-state index contributed by atoms with van der Waals surface area (Å²) in [5, 5.41) is -0.687. The summed E-state index contributed by atoms with van der Waals surface area (Å²) in [4.78, 5) is 7.80. The molecule has 0 amide bonds. The summed E-state index contributed by atoms with van der Waals surface area (Å²) in [5.74, 6) is 0.794. The predicted molar refractivity (Wildman–Crippen MR) is 51.8 cm³/mol. The second-order valence-corrected chi connectivity index (χ2v) is 5.32. The average molecular weight is 216 g/mol. The van der Waals surface area contributed by atoms with Crippen molar-refractivity contribution in [2.24, 2.45) is 0 Å². The van der Waals surface area contributed by atoms with Gasteiger partial charge in [0.2, 0.25) is 0 Å². The summed E-state index contributed by atoms with van der Waals surface area (Å²) >= 11 is 0. The quantitative estimate of drug-likeness (QED) is 0.739. The zero-order valence-electron chi connectivity index (χ0n) is 8.26. The van der Waals surface area contributed by atoms with Crippen LogP contribution in [0, 0.1) is 0 Å². The fourth-order valence-electron chi connectivity index (χ4n) is 0.833. The van der Waals surface area contributed by atoms with Crippen LogP contribution < -0.4 is 4.74 Å². The molecule has 0 aliphatic heterocycles. The molecule has 0 saturated heterocycles. The lowest BCUT2D eigenvalue weighted by Crippen LogP contribution is -2.11. The zero-order chi connectivity index (χ0) is 10.8. The lowest BCUT2D eigenvalue weighted by atomic mass is 10.4. The molecule has 1 atom stereocenters. The molecule has 1 heterocycles. The summed E-state index contributed by atoms with van der Waals surface area (Å²) in [5.41, 5.74) is 0. The molecular formula is C8H12N2O3S. The highest BCUT2D eigenvalue weighted by atomic mass is 32.2. The Morgan fingerprint density at radius 2 is 1.86 bits per heavy atom. The maximum atomic E-state index is 11.2. The fourth-order valence-corrected chi connectivity index (χ4v) is 1.34. The third-order valence-corrected chi connectivity index (χ3v) is 3.38. The van der Waals surface area contributed by atoms with Gasteiger partial charge in [-0.3, -0.25) is 0 Å². The first-order valence-electron chi connectivity index (χ1n) is 4.00. The molecule has 14 heavy (non-hydrogen) atoms. The van der Waals surface area contributed by atoms with E-state index in [0.29, 0.717) is 5.75 Å². The highest BCUT2D eigenvalue weighted by Gasteiger charge is 2.19. The maximum Gasteiger partial charge on any atom is 0.157 e. The van der Waals surface area contributed by atoms with Crippen LogP contribution in [0.25, 0.3) is 0 Å². The van der Waals surface area contributed by atoms with Crippen molar-refractivity contribution in [1.29, 1.82) is 0 Å². The highest BCUT2D eigenvalue weighted by molar-refractivity contribution is 7.90. The lowest BCUT2D eigenvalue weighted by Gasteiger charge is -2.07. The Hall–Kier alpha value is -1.17. The van der Waals surface area contributed by atoms with Gasteiger partial charge in [0, 0.05) is 6.26 Å². The maximum absolute atomic E-state index is 11.2. The molecule has 0 fully saturated rings. The van der Waals surface area contributed by atoms with Gasteiger partial charge in [0.05, 0.1) is 19.5 Å². The number of hydrogen-bond acceptors (Lipinski definition) is 5. The first-order valence-corrected chi connectivity index (χ1v) is 5.95. The van der Waals surface area contributed by atoms with Gasteiger partial charge < -0.3 is 4.74 Å². The average Bonchev–Trinajstić information content (AvgIpc) is 2.15. The topological polar surface area (TPSA) is 69.2 Å². The van der Waals surface area contributed by atoms with Crippen LogP contribution in [0.15, 0.2) is 12.4 Å². The van der Waals surface area contributed by atoms with E-state index in [4.69, 9.17) is 4.74 Å². The lowest BCUT2D eigenvalue weighted by molar-refractivity contribution is 0.410. The van der Waals surface area contributed by atoms with E-state index in [9.17, 15) is 8.42 Å². The van der Waals surface area contributed by atoms with Gasteiger partial charge >= 0.3 is 0 Å². The third-order valence-electron chi connectivity index (χ3n) is 1.89. The normalized spacial score (nSPS) is 13.6. The Balaban J connectivity index is 2.98. The Labute approximate surface area is 83.1 Å². The van der Waals surface area contributed by atoms with Gasteiger partial charge in [-0.15, -0.1) is 0 Å². The molecule has 1 rings (SSSR count). The number of methoxy groups -OCH3 is 1. The van der Waals surface area contributed by atoms with E-state index in [1.807, 2.05) is 0 Å². The van der Waals surface area contributed by atoms with E-state index in [-0.39, 0.29) is 5.82 Å². The molecule has 0 bridgehead atoms. The summed E-state index contributed by atoms with van der Waals surface area (Å²) in [7, 11) is -1.64. The van der Waals surface area contributed by atoms with Crippen molar-refractivity contribution in [3.05, 3.63) is 18.2 Å². The van der Waals surface area contributed by atoms with Crippen LogP contribution in [0.5, 0.6) is 5.75 Å². The minimum Gasteiger partial charge on any atom is -0.494 e. The van der Waals surface area contributed by atoms with Gasteiger partial charge in [-0.2, -0.15) is 0 Å². The van der Waals surface area contributed by atoms with Crippen molar-refractivity contribution in [2.45, 2.75) is 12.2 Å². The van der Waals surface area contributed by atoms with Gasteiger partial charge in [-0.25, -0.2) is 18.4 Å². The Bertz CT molecular complexity index is 399. The molecule has 0 radical (unpaired) electrons. The van der Waals surface area contributed by atoms with Gasteiger partial charge in [-0.05, 0) is 6.92 Å². The molecule has 1 unspecified atom stereocenters. The van der Waals surface area contributed by atoms with Crippen LogP contribution in [-0.4, -0.2) is 31.8 Å². The van der Waals surface area contributed by atoms with Crippen LogP contribution in [0.4, 0.5) is 0 Å². The van der Waals surface area contributed by atoms with Crippen molar-refractivity contribution in [3.63, 3.8) is 0 Å². The Morgan fingerprint density at radius 1 is 1.36 bits per heavy atom. The Morgan fingerprint density at radius 3 is 2.21 bits per heavy atom. The van der Waals surface area contributed by atoms with Crippen molar-refractivity contribution >= 4 is 9.84 Å². The first kappa shape index (κ1) is 10.9. The number of aromatic nitrogens is 2. The smallest absolute Gasteiger partial charge is 0.157 e. The van der Waals surface area contributed by atoms with Crippen LogP contribution in [0.3, 0.4) is 0 Å². The van der Waals surface area contributed by atoms with Crippen molar-refractivity contribution < 1.29 is 13.2 Å². The summed E-state index contributed by atoms with van der Waals surface area (Å²) in [6.45, 7) is 1.55.